The Morgan fingerprint density at radius 3 is 2.54 bits per heavy atom. The second kappa shape index (κ2) is 6.83. The molecule has 24 heavy (non-hydrogen) atoms. The van der Waals surface area contributed by atoms with Gasteiger partial charge in [0.1, 0.15) is 5.76 Å². The summed E-state index contributed by atoms with van der Waals surface area (Å²) in [5.41, 5.74) is 0.628. The molecule has 128 valence electrons. The highest BCUT2D eigenvalue weighted by Crippen LogP contribution is 2.16. The van der Waals surface area contributed by atoms with Crippen LogP contribution in [-0.2, 0) is 19.4 Å². The van der Waals surface area contributed by atoms with E-state index < -0.39 is 28.3 Å². The van der Waals surface area contributed by atoms with E-state index in [1.54, 1.807) is 13.8 Å². The number of nitrogens with zero attached hydrogens (tertiary/aromatic N) is 1. The predicted octanol–water partition coefficient (Wildman–Crippen LogP) is 1.49. The van der Waals surface area contributed by atoms with Crippen molar-refractivity contribution in [1.29, 1.82) is 0 Å². The molecule has 0 aliphatic heterocycles. The molecule has 0 saturated heterocycles. The number of hydrogen-bond acceptors (Lipinski definition) is 7. The molecule has 0 aliphatic carbocycles. The first-order chi connectivity index (χ1) is 11.2. The summed E-state index contributed by atoms with van der Waals surface area (Å²) in [5.74, 6) is -0.641. The van der Waals surface area contributed by atoms with Crippen LogP contribution in [0.25, 0.3) is 0 Å². The molecule has 1 N–H and O–H groups in total. The minimum Gasteiger partial charge on any atom is -0.452 e. The molecule has 0 radical (unpaired) electrons. The van der Waals surface area contributed by atoms with Gasteiger partial charge in [0, 0.05) is 12.3 Å². The number of sulfone groups is 1. The average molecular weight is 352 g/mol. The number of anilines is 1. The third-order valence-electron chi connectivity index (χ3n) is 3.09. The van der Waals surface area contributed by atoms with Crippen LogP contribution in [0.1, 0.15) is 21.7 Å². The Kier molecular flexibility index (Phi) is 5.03. The fourth-order valence-corrected chi connectivity index (χ4v) is 2.51. The second-order valence-electron chi connectivity index (χ2n) is 5.20. The van der Waals surface area contributed by atoms with E-state index in [4.69, 9.17) is 9.26 Å². The van der Waals surface area contributed by atoms with Crippen LogP contribution >= 0.6 is 0 Å². The molecule has 0 aliphatic rings. The molecule has 1 aromatic heterocycles. The summed E-state index contributed by atoms with van der Waals surface area (Å²) in [6.07, 6.45) is 1.04. The molecule has 1 amide bonds. The number of amides is 1. The van der Waals surface area contributed by atoms with Gasteiger partial charge in [-0.3, -0.25) is 4.79 Å². The zero-order valence-electron chi connectivity index (χ0n) is 13.3. The number of esters is 1. The Hall–Kier alpha value is -2.68. The van der Waals surface area contributed by atoms with Gasteiger partial charge in [-0.05, 0) is 31.5 Å². The van der Waals surface area contributed by atoms with E-state index in [9.17, 15) is 18.0 Å². The van der Waals surface area contributed by atoms with Gasteiger partial charge in [-0.25, -0.2) is 13.2 Å². The van der Waals surface area contributed by atoms with Gasteiger partial charge in [0.2, 0.25) is 0 Å². The van der Waals surface area contributed by atoms with Gasteiger partial charge in [0.25, 0.3) is 5.91 Å². The quantitative estimate of drug-likeness (QED) is 0.810. The Morgan fingerprint density at radius 1 is 1.25 bits per heavy atom. The van der Waals surface area contributed by atoms with Crippen molar-refractivity contribution < 1.29 is 27.3 Å². The number of rotatable bonds is 5. The van der Waals surface area contributed by atoms with Crippen LogP contribution in [0.2, 0.25) is 0 Å². The van der Waals surface area contributed by atoms with Gasteiger partial charge in [0.05, 0.1) is 10.5 Å². The summed E-state index contributed by atoms with van der Waals surface area (Å²) in [4.78, 5) is 23.8. The lowest BCUT2D eigenvalue weighted by Gasteiger charge is -2.08. The molecule has 1 heterocycles. The summed E-state index contributed by atoms with van der Waals surface area (Å²) in [5, 5.41) is 5.98. The molecule has 0 spiro atoms. The van der Waals surface area contributed by atoms with Crippen LogP contribution in [0.15, 0.2) is 33.7 Å². The highest BCUT2D eigenvalue weighted by molar-refractivity contribution is 7.90. The molecular weight excluding hydrogens is 336 g/mol. The summed E-state index contributed by atoms with van der Waals surface area (Å²) < 4.78 is 32.8. The third-order valence-corrected chi connectivity index (χ3v) is 4.20. The first-order valence-electron chi connectivity index (χ1n) is 6.88. The maximum Gasteiger partial charge on any atom is 0.338 e. The smallest absolute Gasteiger partial charge is 0.338 e. The maximum absolute atomic E-state index is 12.1. The topological polar surface area (TPSA) is 116 Å². The largest absolute Gasteiger partial charge is 0.452 e. The minimum absolute atomic E-state index is 0.00238. The first-order valence-corrected chi connectivity index (χ1v) is 8.77. The lowest BCUT2D eigenvalue weighted by Crippen LogP contribution is -2.21. The SMILES string of the molecule is Cc1cc(NC(=O)COC(=O)c2cc(S(C)(=O)=O)ccc2C)no1. The Morgan fingerprint density at radius 2 is 1.96 bits per heavy atom. The molecule has 0 fully saturated rings. The molecule has 0 bridgehead atoms. The Bertz CT molecular complexity index is 885. The fourth-order valence-electron chi connectivity index (χ4n) is 1.86. The first kappa shape index (κ1) is 17.7. The number of ether oxygens (including phenoxy) is 1. The molecule has 0 unspecified atom stereocenters. The van der Waals surface area contributed by atoms with Crippen LogP contribution in [0.3, 0.4) is 0 Å². The Balaban J connectivity index is 2.03. The van der Waals surface area contributed by atoms with Crippen LogP contribution < -0.4 is 5.32 Å². The Labute approximate surface area is 138 Å². The lowest BCUT2D eigenvalue weighted by atomic mass is 10.1. The van der Waals surface area contributed by atoms with E-state index in [0.717, 1.165) is 6.26 Å². The van der Waals surface area contributed by atoms with Gasteiger partial charge in [-0.15, -0.1) is 0 Å². The van der Waals surface area contributed by atoms with E-state index in [-0.39, 0.29) is 16.3 Å². The van der Waals surface area contributed by atoms with Crippen molar-refractivity contribution in [3.8, 4) is 0 Å². The molecule has 0 atom stereocenters. The summed E-state index contributed by atoms with van der Waals surface area (Å²) in [6.45, 7) is 2.77. The fraction of sp³-hybridized carbons (Fsp3) is 0.267. The molecule has 2 rings (SSSR count). The normalized spacial score (nSPS) is 11.1. The third kappa shape index (κ3) is 4.42. The van der Waals surface area contributed by atoms with Crippen LogP contribution in [-0.4, -0.2) is 38.3 Å². The number of aryl methyl sites for hydroxylation is 2. The van der Waals surface area contributed by atoms with Crippen LogP contribution in [0, 0.1) is 13.8 Å². The van der Waals surface area contributed by atoms with Gasteiger partial charge in [-0.1, -0.05) is 11.2 Å². The van der Waals surface area contributed by atoms with Gasteiger partial charge >= 0.3 is 5.97 Å². The number of aromatic nitrogens is 1. The molecule has 0 saturated carbocycles. The van der Waals surface area contributed by atoms with Gasteiger partial charge < -0.3 is 14.6 Å². The van der Waals surface area contributed by atoms with E-state index in [2.05, 4.69) is 10.5 Å². The van der Waals surface area contributed by atoms with E-state index in [1.165, 1.54) is 24.3 Å². The summed E-state index contributed by atoms with van der Waals surface area (Å²) in [6, 6.07) is 5.65. The molecule has 9 heteroatoms. The van der Waals surface area contributed by atoms with Gasteiger partial charge in [0.15, 0.2) is 22.3 Å². The molecule has 1 aromatic carbocycles. The van der Waals surface area contributed by atoms with Crippen molar-refractivity contribution in [2.75, 3.05) is 18.2 Å². The van der Waals surface area contributed by atoms with Crippen molar-refractivity contribution in [2.24, 2.45) is 0 Å². The predicted molar refractivity (Wildman–Crippen MR) is 84.4 cm³/mol. The van der Waals surface area contributed by atoms with Crippen molar-refractivity contribution in [1.82, 2.24) is 5.16 Å². The second-order valence-corrected chi connectivity index (χ2v) is 7.21. The van der Waals surface area contributed by atoms with Gasteiger partial charge in [-0.2, -0.15) is 0 Å². The number of carbonyl (C=O) groups is 2. The highest BCUT2D eigenvalue weighted by atomic mass is 32.2. The number of nitrogens with one attached hydrogen (secondary N) is 1. The highest BCUT2D eigenvalue weighted by Gasteiger charge is 2.17. The lowest BCUT2D eigenvalue weighted by molar-refractivity contribution is -0.119. The summed E-state index contributed by atoms with van der Waals surface area (Å²) in [7, 11) is -3.45. The zero-order valence-corrected chi connectivity index (χ0v) is 14.1. The minimum atomic E-state index is -3.45. The molecule has 2 aromatic rings. The van der Waals surface area contributed by atoms with Crippen LogP contribution in [0.4, 0.5) is 5.82 Å². The van der Waals surface area contributed by atoms with Crippen LogP contribution in [0.5, 0.6) is 0 Å². The zero-order chi connectivity index (χ0) is 17.9. The van der Waals surface area contributed by atoms with E-state index in [0.29, 0.717) is 11.3 Å². The number of benzene rings is 1. The maximum atomic E-state index is 12.1. The van der Waals surface area contributed by atoms with Crippen molar-refractivity contribution >= 4 is 27.5 Å². The van der Waals surface area contributed by atoms with Crippen molar-refractivity contribution in [3.05, 3.63) is 41.2 Å². The monoisotopic (exact) mass is 352 g/mol. The van der Waals surface area contributed by atoms with Crippen molar-refractivity contribution in [3.63, 3.8) is 0 Å². The standard InChI is InChI=1S/C15H16N2O6S/c1-9-4-5-11(24(3,20)21)7-12(9)15(19)22-8-14(18)16-13-6-10(2)23-17-13/h4-7H,8H2,1-3H3,(H,16,17,18). The summed E-state index contributed by atoms with van der Waals surface area (Å²) >= 11 is 0. The number of hydrogen-bond donors (Lipinski definition) is 1. The van der Waals surface area contributed by atoms with Crippen molar-refractivity contribution in [2.45, 2.75) is 18.7 Å². The average Bonchev–Trinajstić information content (AvgIpc) is 2.89. The molecular formula is C15H16N2O6S. The number of carbonyl (C=O) groups excluding carboxylic acids is 2. The van der Waals surface area contributed by atoms with E-state index >= 15 is 0 Å². The molecule has 8 nitrogen and oxygen atoms in total. The van der Waals surface area contributed by atoms with E-state index in [1.807, 2.05) is 0 Å².